The molecular weight excluding hydrogens is 373 g/mol. The van der Waals surface area contributed by atoms with Gasteiger partial charge in [-0.05, 0) is 6.07 Å². The Morgan fingerprint density at radius 2 is 1.42 bits per heavy atom. The molecular formula is C12H9F7O4S. The Hall–Kier alpha value is -1.40. The highest BCUT2D eigenvalue weighted by molar-refractivity contribution is 7.92. The van der Waals surface area contributed by atoms with Crippen LogP contribution in [0.3, 0.4) is 0 Å². The van der Waals surface area contributed by atoms with Crippen molar-refractivity contribution >= 4 is 9.84 Å². The Kier molecular flexibility index (Phi) is 4.18. The summed E-state index contributed by atoms with van der Waals surface area (Å²) >= 11 is 0. The van der Waals surface area contributed by atoms with Crippen molar-refractivity contribution in [3.05, 3.63) is 29.8 Å². The molecule has 0 fully saturated rings. The Balaban J connectivity index is 2.64. The van der Waals surface area contributed by atoms with Crippen LogP contribution in [0, 0.1) is 0 Å². The first-order chi connectivity index (χ1) is 10.7. The zero-order valence-electron chi connectivity index (χ0n) is 11.3. The third-order valence-corrected chi connectivity index (χ3v) is 5.97. The van der Waals surface area contributed by atoms with Gasteiger partial charge in [-0.3, -0.25) is 0 Å². The molecule has 0 saturated heterocycles. The maximum Gasteiger partial charge on any atom is 0.434 e. The fourth-order valence-electron chi connectivity index (χ4n) is 2.54. The summed E-state index contributed by atoms with van der Waals surface area (Å²) in [5.41, 5.74) is -6.76. The maximum absolute atomic E-state index is 13.9. The summed E-state index contributed by atoms with van der Waals surface area (Å²) in [5, 5.41) is 16.2. The fourth-order valence-corrected chi connectivity index (χ4v) is 4.63. The molecule has 1 heterocycles. The van der Waals surface area contributed by atoms with Gasteiger partial charge in [0, 0.05) is 5.56 Å². The first-order valence-electron chi connectivity index (χ1n) is 6.18. The molecule has 0 aliphatic carbocycles. The average molecular weight is 382 g/mol. The van der Waals surface area contributed by atoms with E-state index in [1.165, 1.54) is 6.07 Å². The maximum atomic E-state index is 13.9. The lowest BCUT2D eigenvalue weighted by Gasteiger charge is -2.36. The standard InChI is InChI=1S/C12H9F7O4S/c13-10(11(14,15)16,12(17,18)19)9(21)8-7(20)5-3-1-2-4-6(5)24(8,22)23/h1-4,7-9,20-21H. The molecule has 1 aliphatic heterocycles. The second-order valence-electron chi connectivity index (χ2n) is 5.14. The van der Waals surface area contributed by atoms with E-state index in [1.54, 1.807) is 0 Å². The van der Waals surface area contributed by atoms with Crippen LogP contribution in [0.5, 0.6) is 0 Å². The molecule has 0 aromatic heterocycles. The Morgan fingerprint density at radius 1 is 0.958 bits per heavy atom. The summed E-state index contributed by atoms with van der Waals surface area (Å²) in [5.74, 6) is 0. The number of alkyl halides is 7. The minimum Gasteiger partial charge on any atom is -0.388 e. The van der Waals surface area contributed by atoms with Crippen LogP contribution in [-0.4, -0.2) is 48.0 Å². The number of aliphatic hydroxyl groups excluding tert-OH is 2. The SMILES string of the molecule is O=S1(=O)c2ccccc2C(O)C1C(O)C(F)(C(F)(F)F)C(F)(F)F. The summed E-state index contributed by atoms with van der Waals surface area (Å²) in [4.78, 5) is -0.770. The van der Waals surface area contributed by atoms with Crippen molar-refractivity contribution in [1.29, 1.82) is 0 Å². The van der Waals surface area contributed by atoms with E-state index in [2.05, 4.69) is 0 Å². The smallest absolute Gasteiger partial charge is 0.388 e. The van der Waals surface area contributed by atoms with Crippen LogP contribution in [0.15, 0.2) is 29.2 Å². The van der Waals surface area contributed by atoms with Gasteiger partial charge in [0.25, 0.3) is 0 Å². The number of benzene rings is 1. The predicted molar refractivity (Wildman–Crippen MR) is 64.3 cm³/mol. The van der Waals surface area contributed by atoms with Crippen LogP contribution in [0.25, 0.3) is 0 Å². The summed E-state index contributed by atoms with van der Waals surface area (Å²) in [7, 11) is -5.04. The molecule has 2 N–H and O–H groups in total. The van der Waals surface area contributed by atoms with Crippen LogP contribution < -0.4 is 0 Å². The molecule has 24 heavy (non-hydrogen) atoms. The van der Waals surface area contributed by atoms with Crippen molar-refractivity contribution < 1.29 is 49.4 Å². The molecule has 3 atom stereocenters. The quantitative estimate of drug-likeness (QED) is 0.769. The lowest BCUT2D eigenvalue weighted by atomic mass is 9.90. The van der Waals surface area contributed by atoms with Gasteiger partial charge in [0.05, 0.1) is 4.90 Å². The van der Waals surface area contributed by atoms with E-state index < -0.39 is 55.8 Å². The van der Waals surface area contributed by atoms with Gasteiger partial charge in [0.1, 0.15) is 17.5 Å². The van der Waals surface area contributed by atoms with Gasteiger partial charge in [-0.25, -0.2) is 12.8 Å². The molecule has 3 unspecified atom stereocenters. The number of hydrogen-bond donors (Lipinski definition) is 2. The minimum absolute atomic E-state index is 0.520. The Labute approximate surface area is 130 Å². The Bertz CT molecular complexity index is 727. The molecule has 0 saturated carbocycles. The average Bonchev–Trinajstić information content (AvgIpc) is 2.62. The summed E-state index contributed by atoms with van der Waals surface area (Å²) in [6.45, 7) is 0. The van der Waals surface area contributed by atoms with Gasteiger partial charge in [-0.1, -0.05) is 18.2 Å². The van der Waals surface area contributed by atoms with E-state index in [1.807, 2.05) is 0 Å². The van der Waals surface area contributed by atoms with Crippen LogP contribution in [0.1, 0.15) is 11.7 Å². The van der Waals surface area contributed by atoms with Crippen LogP contribution in [0.4, 0.5) is 30.7 Å². The highest BCUT2D eigenvalue weighted by Crippen LogP contribution is 2.53. The van der Waals surface area contributed by atoms with Gasteiger partial charge in [-0.15, -0.1) is 0 Å². The molecule has 1 aliphatic rings. The number of hydrogen-bond acceptors (Lipinski definition) is 4. The first-order valence-corrected chi connectivity index (χ1v) is 7.73. The number of halogens is 7. The first kappa shape index (κ1) is 18.9. The molecule has 0 amide bonds. The van der Waals surface area contributed by atoms with Gasteiger partial charge < -0.3 is 10.2 Å². The van der Waals surface area contributed by atoms with E-state index in [-0.39, 0.29) is 0 Å². The number of sulfone groups is 1. The van der Waals surface area contributed by atoms with Crippen molar-refractivity contribution in [3.8, 4) is 0 Å². The van der Waals surface area contributed by atoms with Crippen molar-refractivity contribution in [3.63, 3.8) is 0 Å². The zero-order chi connectivity index (χ0) is 18.7. The van der Waals surface area contributed by atoms with Crippen LogP contribution >= 0.6 is 0 Å². The Morgan fingerprint density at radius 3 is 1.83 bits per heavy atom. The van der Waals surface area contributed by atoms with E-state index >= 15 is 0 Å². The van der Waals surface area contributed by atoms with Crippen molar-refractivity contribution in [1.82, 2.24) is 0 Å². The summed E-state index contributed by atoms with van der Waals surface area (Å²) in [6.07, 6.45) is -19.9. The summed E-state index contributed by atoms with van der Waals surface area (Å²) in [6, 6.07) is 4.03. The van der Waals surface area contributed by atoms with E-state index in [9.17, 15) is 49.4 Å². The highest BCUT2D eigenvalue weighted by atomic mass is 32.2. The molecule has 2 rings (SSSR count). The van der Waals surface area contributed by atoms with Gasteiger partial charge >= 0.3 is 18.0 Å². The van der Waals surface area contributed by atoms with Crippen molar-refractivity contribution in [2.75, 3.05) is 0 Å². The topological polar surface area (TPSA) is 74.6 Å². The van der Waals surface area contributed by atoms with E-state index in [0.29, 0.717) is 0 Å². The number of rotatable bonds is 2. The zero-order valence-corrected chi connectivity index (χ0v) is 12.1. The molecule has 136 valence electrons. The number of aliphatic hydroxyl groups is 2. The largest absolute Gasteiger partial charge is 0.434 e. The summed E-state index contributed by atoms with van der Waals surface area (Å²) < 4.78 is 114. The van der Waals surface area contributed by atoms with Gasteiger partial charge in [0.15, 0.2) is 9.84 Å². The van der Waals surface area contributed by atoms with Crippen LogP contribution in [0.2, 0.25) is 0 Å². The minimum atomic E-state index is -6.66. The second kappa shape index (κ2) is 5.30. The van der Waals surface area contributed by atoms with Crippen LogP contribution in [-0.2, 0) is 9.84 Å². The van der Waals surface area contributed by atoms with Gasteiger partial charge in [0.2, 0.25) is 0 Å². The monoisotopic (exact) mass is 382 g/mol. The lowest BCUT2D eigenvalue weighted by Crippen LogP contribution is -2.65. The fraction of sp³-hybridized carbons (Fsp3) is 0.500. The van der Waals surface area contributed by atoms with Gasteiger partial charge in [-0.2, -0.15) is 26.3 Å². The molecule has 0 spiro atoms. The van der Waals surface area contributed by atoms with Crippen molar-refractivity contribution in [2.24, 2.45) is 0 Å². The molecule has 12 heteroatoms. The van der Waals surface area contributed by atoms with E-state index in [4.69, 9.17) is 0 Å². The van der Waals surface area contributed by atoms with Crippen molar-refractivity contribution in [2.45, 2.75) is 40.4 Å². The third-order valence-electron chi connectivity index (χ3n) is 3.76. The molecule has 0 bridgehead atoms. The second-order valence-corrected chi connectivity index (χ2v) is 7.22. The molecule has 4 nitrogen and oxygen atoms in total. The molecule has 1 aromatic carbocycles. The lowest BCUT2D eigenvalue weighted by molar-refractivity contribution is -0.365. The highest BCUT2D eigenvalue weighted by Gasteiger charge is 2.79. The predicted octanol–water partition coefficient (Wildman–Crippen LogP) is 2.07. The molecule has 0 radical (unpaired) electrons. The molecule has 1 aromatic rings. The van der Waals surface area contributed by atoms with E-state index in [0.717, 1.165) is 18.2 Å². The number of fused-ring (bicyclic) bond motifs is 1. The third kappa shape index (κ3) is 2.39. The normalized spacial score (nSPS) is 25.4.